The topological polar surface area (TPSA) is 53.2 Å². The second-order valence-corrected chi connectivity index (χ2v) is 2.97. The molecule has 1 aromatic carbocycles. The van der Waals surface area contributed by atoms with E-state index in [1.165, 1.54) is 17.6 Å². The van der Waals surface area contributed by atoms with Crippen LogP contribution in [0.3, 0.4) is 0 Å². The summed E-state index contributed by atoms with van der Waals surface area (Å²) in [4.78, 5) is 11.2. The van der Waals surface area contributed by atoms with Crippen molar-refractivity contribution in [2.75, 3.05) is 0 Å². The molecule has 1 rings (SSSR count). The van der Waals surface area contributed by atoms with Crippen molar-refractivity contribution in [2.24, 2.45) is 0 Å². The van der Waals surface area contributed by atoms with Gasteiger partial charge in [-0.05, 0) is 17.7 Å². The van der Waals surface area contributed by atoms with Gasteiger partial charge in [-0.15, -0.1) is 5.53 Å². The molecule has 0 bridgehead atoms. The largest absolute Gasteiger partial charge is 0.300 e. The molecule has 1 amide bonds. The van der Waals surface area contributed by atoms with Gasteiger partial charge in [0.25, 0.3) is 0 Å². The Balaban J connectivity index is 2.37. The normalized spacial score (nSPS) is 9.40. The van der Waals surface area contributed by atoms with Crippen LogP contribution >= 0.6 is 12.2 Å². The summed E-state index contributed by atoms with van der Waals surface area (Å²) in [6, 6.07) is 5.74. The van der Waals surface area contributed by atoms with Crippen LogP contribution in [0.15, 0.2) is 24.3 Å². The van der Waals surface area contributed by atoms with E-state index in [1.807, 2.05) is 0 Å². The van der Waals surface area contributed by atoms with Gasteiger partial charge < -0.3 is 5.43 Å². The van der Waals surface area contributed by atoms with E-state index in [0.717, 1.165) is 5.56 Å². The molecule has 0 spiro atoms. The van der Waals surface area contributed by atoms with Gasteiger partial charge in [-0.3, -0.25) is 10.2 Å². The lowest BCUT2D eigenvalue weighted by atomic mass is 10.1. The highest BCUT2D eigenvalue weighted by Crippen LogP contribution is 2.02. The molecule has 0 aliphatic carbocycles. The maximum absolute atomic E-state index is 12.5. The van der Waals surface area contributed by atoms with Gasteiger partial charge in [-0.2, -0.15) is 0 Å². The zero-order valence-corrected chi connectivity index (χ0v) is 8.60. The van der Waals surface area contributed by atoms with Gasteiger partial charge in [0.2, 0.25) is 5.91 Å². The van der Waals surface area contributed by atoms with E-state index in [9.17, 15) is 9.18 Å². The lowest BCUT2D eigenvalue weighted by Crippen LogP contribution is -2.46. The summed E-state index contributed by atoms with van der Waals surface area (Å²) in [6.07, 6.45) is 0.173. The van der Waals surface area contributed by atoms with Gasteiger partial charge >= 0.3 is 0 Å². The first-order chi connectivity index (χ1) is 7.22. The summed E-state index contributed by atoms with van der Waals surface area (Å²) in [7, 11) is 0. The molecule has 0 unspecified atom stereocenters. The molecule has 0 saturated heterocycles. The smallest absolute Gasteiger partial charge is 0.239 e. The molecule has 0 heterocycles. The summed E-state index contributed by atoms with van der Waals surface area (Å²) in [6.45, 7) is 0. The molecule has 0 fully saturated rings. The number of rotatable bonds is 5. The van der Waals surface area contributed by atoms with Crippen LogP contribution < -0.4 is 16.4 Å². The van der Waals surface area contributed by atoms with Crippen molar-refractivity contribution in [1.82, 2.24) is 16.4 Å². The summed E-state index contributed by atoms with van der Waals surface area (Å²) >= 11 is 4.46. The fraction of sp³-hybridized carbons (Fsp3) is 0.111. The number of carbonyl (C=O) groups is 1. The Morgan fingerprint density at radius 2 is 2.07 bits per heavy atom. The van der Waals surface area contributed by atoms with Gasteiger partial charge in [0.05, 0.1) is 11.9 Å². The summed E-state index contributed by atoms with van der Waals surface area (Å²) < 4.78 is 12.5. The molecular weight excluding hydrogens is 217 g/mol. The highest BCUT2D eigenvalue weighted by Gasteiger charge is 2.01. The average Bonchev–Trinajstić information content (AvgIpc) is 2.22. The fourth-order valence-electron chi connectivity index (χ4n) is 0.967. The Bertz CT molecular complexity index is 342. The van der Waals surface area contributed by atoms with E-state index in [4.69, 9.17) is 0 Å². The Morgan fingerprint density at radius 3 is 2.67 bits per heavy atom. The van der Waals surface area contributed by atoms with Crippen molar-refractivity contribution in [1.29, 1.82) is 0 Å². The molecule has 0 aromatic heterocycles. The standard InChI is InChI=1S/C9H10FN3OS/c10-8-3-1-7(2-4-8)5-9(14)12-13-11-6-15/h1-4,6,13H,5H2,(H,11,15)(H,12,14). The molecule has 3 N–H and O–H groups in total. The Labute approximate surface area is 91.8 Å². The van der Waals surface area contributed by atoms with Crippen LogP contribution in [-0.2, 0) is 11.2 Å². The Kier molecular flexibility index (Phi) is 4.65. The lowest BCUT2D eigenvalue weighted by Gasteiger charge is -2.05. The predicted molar refractivity (Wildman–Crippen MR) is 58.2 cm³/mol. The SMILES string of the molecule is O=C(Cc1ccc(F)cc1)NNNC=S. The summed E-state index contributed by atoms with van der Waals surface area (Å²) in [5.41, 5.74) is 9.11. The lowest BCUT2D eigenvalue weighted by molar-refractivity contribution is -0.121. The number of thiocarbonyl (C=S) groups is 1. The van der Waals surface area contributed by atoms with E-state index >= 15 is 0 Å². The number of hydrogen-bond acceptors (Lipinski definition) is 3. The van der Waals surface area contributed by atoms with Crippen LogP contribution in [0.4, 0.5) is 4.39 Å². The van der Waals surface area contributed by atoms with Gasteiger partial charge in [0.15, 0.2) is 0 Å². The molecule has 1 aromatic rings. The number of nitrogens with one attached hydrogen (secondary N) is 3. The molecular formula is C9H10FN3OS. The van der Waals surface area contributed by atoms with E-state index in [2.05, 4.69) is 28.6 Å². The summed E-state index contributed by atoms with van der Waals surface area (Å²) in [5.74, 6) is -0.564. The minimum Gasteiger partial charge on any atom is -0.300 e. The van der Waals surface area contributed by atoms with Crippen molar-refractivity contribution < 1.29 is 9.18 Å². The molecule has 80 valence electrons. The van der Waals surface area contributed by atoms with E-state index < -0.39 is 0 Å². The van der Waals surface area contributed by atoms with E-state index in [0.29, 0.717) is 0 Å². The van der Waals surface area contributed by atoms with Gasteiger partial charge in [-0.25, -0.2) is 4.39 Å². The third kappa shape index (κ3) is 4.48. The highest BCUT2D eigenvalue weighted by molar-refractivity contribution is 7.78. The zero-order valence-electron chi connectivity index (χ0n) is 7.79. The van der Waals surface area contributed by atoms with Gasteiger partial charge in [0, 0.05) is 0 Å². The van der Waals surface area contributed by atoms with Crippen molar-refractivity contribution in [2.45, 2.75) is 6.42 Å². The number of hydrazine groups is 2. The Hall–Kier alpha value is -1.53. The van der Waals surface area contributed by atoms with E-state index in [1.54, 1.807) is 12.1 Å². The molecule has 0 radical (unpaired) electrons. The van der Waals surface area contributed by atoms with Crippen LogP contribution in [0.1, 0.15) is 5.56 Å². The van der Waals surface area contributed by atoms with Gasteiger partial charge in [0.1, 0.15) is 5.82 Å². The molecule has 0 aliphatic heterocycles. The molecule has 4 nitrogen and oxygen atoms in total. The minimum absolute atomic E-state index is 0.173. The second-order valence-electron chi connectivity index (χ2n) is 2.74. The van der Waals surface area contributed by atoms with Crippen LogP contribution in [0.5, 0.6) is 0 Å². The monoisotopic (exact) mass is 227 g/mol. The Morgan fingerprint density at radius 1 is 1.40 bits per heavy atom. The number of carbonyl (C=O) groups excluding carboxylic acids is 1. The van der Waals surface area contributed by atoms with E-state index in [-0.39, 0.29) is 18.1 Å². The van der Waals surface area contributed by atoms with Crippen LogP contribution in [0.2, 0.25) is 0 Å². The molecule has 0 saturated carbocycles. The minimum atomic E-state index is -0.320. The molecule has 15 heavy (non-hydrogen) atoms. The number of hydrogen-bond donors (Lipinski definition) is 3. The number of amides is 1. The second kappa shape index (κ2) is 6.05. The van der Waals surface area contributed by atoms with Crippen molar-refractivity contribution >= 4 is 23.6 Å². The maximum Gasteiger partial charge on any atom is 0.239 e. The zero-order chi connectivity index (χ0) is 11.1. The van der Waals surface area contributed by atoms with Crippen LogP contribution in [0, 0.1) is 5.82 Å². The summed E-state index contributed by atoms with van der Waals surface area (Å²) in [5, 5.41) is 0. The number of halogens is 1. The van der Waals surface area contributed by atoms with Crippen molar-refractivity contribution in [3.05, 3.63) is 35.6 Å². The predicted octanol–water partition coefficient (Wildman–Crippen LogP) is 0.451. The maximum atomic E-state index is 12.5. The highest BCUT2D eigenvalue weighted by atomic mass is 32.1. The fourth-order valence-corrected chi connectivity index (χ4v) is 1.03. The van der Waals surface area contributed by atoms with Crippen molar-refractivity contribution in [3.63, 3.8) is 0 Å². The third-order valence-electron chi connectivity index (χ3n) is 1.61. The van der Waals surface area contributed by atoms with Crippen LogP contribution in [0.25, 0.3) is 0 Å². The molecule has 0 atom stereocenters. The molecule has 0 aliphatic rings. The first kappa shape index (κ1) is 11.5. The molecule has 6 heteroatoms. The number of benzene rings is 1. The third-order valence-corrected chi connectivity index (χ3v) is 1.73. The first-order valence-electron chi connectivity index (χ1n) is 4.20. The van der Waals surface area contributed by atoms with Gasteiger partial charge in [-0.1, -0.05) is 24.4 Å². The average molecular weight is 227 g/mol. The first-order valence-corrected chi connectivity index (χ1v) is 4.67. The van der Waals surface area contributed by atoms with Crippen molar-refractivity contribution in [3.8, 4) is 0 Å². The van der Waals surface area contributed by atoms with Crippen LogP contribution in [-0.4, -0.2) is 11.4 Å². The quantitative estimate of drug-likeness (QED) is 0.388.